The third-order valence-electron chi connectivity index (χ3n) is 14.0. The van der Waals surface area contributed by atoms with Crippen LogP contribution in [0.1, 0.15) is 26.3 Å². The molecule has 5 heterocycles. The molecule has 3 aliphatic rings. The fourth-order valence-electron chi connectivity index (χ4n) is 11.2. The molecule has 0 aliphatic carbocycles. The number of hydrogen-bond donors (Lipinski definition) is 0. The Morgan fingerprint density at radius 2 is 1.11 bits per heavy atom. The second-order valence-corrected chi connectivity index (χ2v) is 19.6. The Morgan fingerprint density at radius 3 is 1.89 bits per heavy atom. The number of nitrogens with zero attached hydrogens (tertiary/aromatic N) is 4. The predicted octanol–water partition coefficient (Wildman–Crippen LogP) is 14.3. The highest BCUT2D eigenvalue weighted by Crippen LogP contribution is 2.54. The third kappa shape index (κ3) is 4.89. The molecular formula is C58H41BN4S. The summed E-state index contributed by atoms with van der Waals surface area (Å²) in [6.45, 7) is 6.99. The van der Waals surface area contributed by atoms with Crippen LogP contribution in [0.4, 0.5) is 51.2 Å². The van der Waals surface area contributed by atoms with Crippen molar-refractivity contribution >= 4 is 128 Å². The molecule has 14 rings (SSSR count). The van der Waals surface area contributed by atoms with Crippen LogP contribution in [0.15, 0.2) is 194 Å². The largest absolute Gasteiger partial charge is 0.311 e. The molecule has 6 heteroatoms. The molecule has 0 atom stereocenters. The van der Waals surface area contributed by atoms with Gasteiger partial charge < -0.3 is 19.3 Å². The maximum Gasteiger partial charge on any atom is 0.252 e. The quantitative estimate of drug-likeness (QED) is 0.164. The summed E-state index contributed by atoms with van der Waals surface area (Å²) in [7, 11) is 0. The van der Waals surface area contributed by atoms with Gasteiger partial charge in [0.1, 0.15) is 0 Å². The number of thiophene rings is 1. The number of para-hydroxylation sites is 5. The molecule has 2 aromatic heterocycles. The van der Waals surface area contributed by atoms with Crippen LogP contribution in [-0.4, -0.2) is 11.3 Å². The summed E-state index contributed by atoms with van der Waals surface area (Å²) in [5.41, 5.74) is 19.5. The van der Waals surface area contributed by atoms with E-state index in [2.05, 4.69) is 234 Å². The van der Waals surface area contributed by atoms with E-state index in [0.717, 1.165) is 22.7 Å². The number of fused-ring (bicyclic) bond motifs is 12. The summed E-state index contributed by atoms with van der Waals surface area (Å²) in [5.74, 6) is 0. The zero-order valence-electron chi connectivity index (χ0n) is 35.7. The van der Waals surface area contributed by atoms with Gasteiger partial charge in [-0.25, -0.2) is 0 Å². The van der Waals surface area contributed by atoms with Crippen LogP contribution in [0.5, 0.6) is 0 Å². The molecule has 0 N–H and O–H groups in total. The number of benzene rings is 9. The van der Waals surface area contributed by atoms with E-state index in [1.165, 1.54) is 98.1 Å². The van der Waals surface area contributed by atoms with Gasteiger partial charge in [0.2, 0.25) is 0 Å². The second kappa shape index (κ2) is 13.0. The molecule has 9 aromatic carbocycles. The Labute approximate surface area is 376 Å². The highest BCUT2D eigenvalue weighted by Gasteiger charge is 2.47. The van der Waals surface area contributed by atoms with Gasteiger partial charge in [-0.15, -0.1) is 11.3 Å². The van der Waals surface area contributed by atoms with Crippen molar-refractivity contribution in [3.63, 3.8) is 0 Å². The number of aromatic nitrogens is 1. The van der Waals surface area contributed by atoms with E-state index in [0.29, 0.717) is 0 Å². The summed E-state index contributed by atoms with van der Waals surface area (Å²) in [4.78, 5) is 7.63. The maximum atomic E-state index is 2.62. The number of rotatable bonds is 4. The van der Waals surface area contributed by atoms with Crippen molar-refractivity contribution < 1.29 is 0 Å². The molecule has 0 amide bonds. The smallest absolute Gasteiger partial charge is 0.252 e. The molecule has 0 bridgehead atoms. The third-order valence-corrected chi connectivity index (χ3v) is 15.1. The molecule has 0 saturated carbocycles. The van der Waals surface area contributed by atoms with E-state index in [-0.39, 0.29) is 12.1 Å². The topological polar surface area (TPSA) is 14.7 Å². The lowest BCUT2D eigenvalue weighted by molar-refractivity contribution is 0.591. The Morgan fingerprint density at radius 1 is 0.453 bits per heavy atom. The Hall–Kier alpha value is -7.54. The van der Waals surface area contributed by atoms with E-state index in [1.807, 2.05) is 11.3 Å². The van der Waals surface area contributed by atoms with E-state index in [4.69, 9.17) is 0 Å². The molecular weight excluding hydrogens is 796 g/mol. The van der Waals surface area contributed by atoms with Crippen molar-refractivity contribution in [3.8, 4) is 5.69 Å². The summed E-state index contributed by atoms with van der Waals surface area (Å²) in [5, 5.41) is 5.13. The highest BCUT2D eigenvalue weighted by molar-refractivity contribution is 7.25. The minimum atomic E-state index is -0.0430. The molecule has 64 heavy (non-hydrogen) atoms. The number of hydrogen-bond acceptors (Lipinski definition) is 4. The molecule has 0 radical (unpaired) electrons. The van der Waals surface area contributed by atoms with Gasteiger partial charge in [0.25, 0.3) is 6.71 Å². The molecule has 11 aromatic rings. The van der Waals surface area contributed by atoms with Gasteiger partial charge in [-0.1, -0.05) is 130 Å². The average molecular weight is 837 g/mol. The molecule has 0 fully saturated rings. The molecule has 0 saturated heterocycles. The maximum absolute atomic E-state index is 2.62. The van der Waals surface area contributed by atoms with Crippen molar-refractivity contribution in [2.45, 2.75) is 26.2 Å². The predicted molar refractivity (Wildman–Crippen MR) is 275 cm³/mol. The zero-order valence-corrected chi connectivity index (χ0v) is 36.6. The summed E-state index contributed by atoms with van der Waals surface area (Å²) < 4.78 is 5.15. The Bertz CT molecular complexity index is 3710. The van der Waals surface area contributed by atoms with Gasteiger partial charge in [0.15, 0.2) is 0 Å². The molecule has 302 valence electrons. The minimum Gasteiger partial charge on any atom is -0.311 e. The van der Waals surface area contributed by atoms with Gasteiger partial charge >= 0.3 is 0 Å². The fraction of sp³-hybridized carbons (Fsp3) is 0.0690. The van der Waals surface area contributed by atoms with E-state index in [1.54, 1.807) is 0 Å². The average Bonchev–Trinajstić information content (AvgIpc) is 3.87. The number of anilines is 9. The van der Waals surface area contributed by atoms with E-state index in [9.17, 15) is 0 Å². The van der Waals surface area contributed by atoms with Gasteiger partial charge in [-0.3, -0.25) is 0 Å². The van der Waals surface area contributed by atoms with E-state index < -0.39 is 0 Å². The first-order chi connectivity index (χ1) is 31.4. The van der Waals surface area contributed by atoms with Crippen LogP contribution in [0.3, 0.4) is 0 Å². The molecule has 0 spiro atoms. The van der Waals surface area contributed by atoms with Crippen LogP contribution < -0.4 is 31.1 Å². The van der Waals surface area contributed by atoms with Gasteiger partial charge in [-0.2, -0.15) is 0 Å². The van der Waals surface area contributed by atoms with Crippen molar-refractivity contribution in [3.05, 3.63) is 200 Å². The Kier molecular flexibility index (Phi) is 7.32. The first-order valence-corrected chi connectivity index (χ1v) is 23.1. The van der Waals surface area contributed by atoms with Crippen molar-refractivity contribution in [2.24, 2.45) is 0 Å². The molecule has 0 unspecified atom stereocenters. The lowest BCUT2D eigenvalue weighted by Crippen LogP contribution is -2.62. The zero-order chi connectivity index (χ0) is 42.4. The van der Waals surface area contributed by atoms with Gasteiger partial charge in [0.05, 0.1) is 33.8 Å². The van der Waals surface area contributed by atoms with Gasteiger partial charge in [-0.05, 0) is 112 Å². The van der Waals surface area contributed by atoms with Crippen LogP contribution in [0.25, 0.3) is 47.7 Å². The first kappa shape index (κ1) is 36.0. The Balaban J connectivity index is 1.15. The first-order valence-electron chi connectivity index (χ1n) is 22.3. The van der Waals surface area contributed by atoms with Crippen LogP contribution in [-0.2, 0) is 5.41 Å². The molecule has 3 aliphatic heterocycles. The normalized spacial score (nSPS) is 13.5. The summed E-state index contributed by atoms with van der Waals surface area (Å²) >= 11 is 1.87. The van der Waals surface area contributed by atoms with Crippen LogP contribution in [0, 0.1) is 0 Å². The molecule has 4 nitrogen and oxygen atoms in total. The summed E-state index contributed by atoms with van der Waals surface area (Å²) in [6.07, 6.45) is 0. The summed E-state index contributed by atoms with van der Waals surface area (Å²) in [6, 6.07) is 72.8. The van der Waals surface area contributed by atoms with Crippen molar-refractivity contribution in [1.82, 2.24) is 4.57 Å². The minimum absolute atomic E-state index is 0.0195. The van der Waals surface area contributed by atoms with Crippen molar-refractivity contribution in [2.75, 3.05) is 14.7 Å². The van der Waals surface area contributed by atoms with Crippen molar-refractivity contribution in [1.29, 1.82) is 0 Å². The van der Waals surface area contributed by atoms with Crippen LogP contribution in [0.2, 0.25) is 0 Å². The SMILES string of the molecule is CC(C)(C)c1ccc2c(c1)B1c3cccc4c3N(c3cc(N(c5ccccc5)c5ccccc5)cc(c31)N2c1ccc2sc3ccccc3c2c1)c1cccc2c3ccccc3n-4c12. The second-order valence-electron chi connectivity index (χ2n) is 18.6. The van der Waals surface area contributed by atoms with Gasteiger partial charge in [0, 0.05) is 65.1 Å². The fourth-order valence-corrected chi connectivity index (χ4v) is 12.3. The van der Waals surface area contributed by atoms with E-state index >= 15 is 0 Å². The van der Waals surface area contributed by atoms with Crippen LogP contribution >= 0.6 is 11.3 Å². The standard InChI is InChI=1S/C58H41BN4S/c1-58(2,3)36-28-30-48-46(32-36)59-45-23-15-26-50-57(45)63(49-25-14-22-43-41-20-10-12-24-47(41)62(50)56(43)49)52-35-40(60(37-16-6-4-7-17-37)38-18-8-5-9-19-38)34-51(55(52)59)61(48)39-29-31-54-44(33-39)42-21-11-13-27-53(42)64-54/h4-35H,1-3H3. The lowest BCUT2D eigenvalue weighted by Gasteiger charge is -2.47. The highest BCUT2D eigenvalue weighted by atomic mass is 32.1. The monoisotopic (exact) mass is 836 g/mol. The lowest BCUT2D eigenvalue weighted by atomic mass is 9.33.